The standard InChI is InChI=1S/C17H21ClN4O3S/c1-10-11(2)22(17(24)14-9-26-12(3)19-14)7-6-21(10)16(23)5-4-13-8-15(18)20-25-13/h8-11H,4-7H2,1-3H3/t10-,11-/m1/s1. The number of nitrogens with zero attached hydrogens (tertiary/aromatic N) is 4. The zero-order valence-corrected chi connectivity index (χ0v) is 16.5. The lowest BCUT2D eigenvalue weighted by atomic mass is 10.0. The molecule has 1 fully saturated rings. The summed E-state index contributed by atoms with van der Waals surface area (Å²) in [6.45, 7) is 6.83. The van der Waals surface area contributed by atoms with Crippen LogP contribution >= 0.6 is 22.9 Å². The van der Waals surface area contributed by atoms with Gasteiger partial charge in [0.05, 0.1) is 5.01 Å². The van der Waals surface area contributed by atoms with Crippen molar-refractivity contribution in [1.82, 2.24) is 19.9 Å². The first-order chi connectivity index (χ1) is 12.4. The van der Waals surface area contributed by atoms with E-state index >= 15 is 0 Å². The highest BCUT2D eigenvalue weighted by atomic mass is 35.5. The molecule has 1 saturated heterocycles. The molecule has 140 valence electrons. The number of carbonyl (C=O) groups excluding carboxylic acids is 2. The van der Waals surface area contributed by atoms with Crippen LogP contribution in [0.25, 0.3) is 0 Å². The molecule has 3 heterocycles. The molecule has 3 rings (SSSR count). The number of aryl methyl sites for hydroxylation is 2. The van der Waals surface area contributed by atoms with Crippen LogP contribution in [0.15, 0.2) is 16.0 Å². The van der Waals surface area contributed by atoms with Crippen molar-refractivity contribution in [2.45, 2.75) is 45.7 Å². The van der Waals surface area contributed by atoms with Crippen LogP contribution in [0.5, 0.6) is 0 Å². The Balaban J connectivity index is 1.60. The van der Waals surface area contributed by atoms with E-state index in [0.29, 0.717) is 42.5 Å². The average Bonchev–Trinajstić information content (AvgIpc) is 3.23. The maximum Gasteiger partial charge on any atom is 0.273 e. The van der Waals surface area contributed by atoms with Gasteiger partial charge in [0.2, 0.25) is 5.91 Å². The minimum absolute atomic E-state index is 0.0356. The van der Waals surface area contributed by atoms with Gasteiger partial charge in [-0.2, -0.15) is 0 Å². The lowest BCUT2D eigenvalue weighted by Gasteiger charge is -2.44. The van der Waals surface area contributed by atoms with Crippen LogP contribution in [0.2, 0.25) is 5.15 Å². The third-order valence-corrected chi connectivity index (χ3v) is 5.75. The fraction of sp³-hybridized carbons (Fsp3) is 0.529. The fourth-order valence-corrected chi connectivity index (χ4v) is 3.91. The van der Waals surface area contributed by atoms with Gasteiger partial charge >= 0.3 is 0 Å². The number of piperazine rings is 1. The molecule has 7 nitrogen and oxygen atoms in total. The Morgan fingerprint density at radius 3 is 2.62 bits per heavy atom. The molecule has 1 aliphatic heterocycles. The van der Waals surface area contributed by atoms with Crippen molar-refractivity contribution in [1.29, 1.82) is 0 Å². The van der Waals surface area contributed by atoms with E-state index in [1.165, 1.54) is 11.3 Å². The van der Waals surface area contributed by atoms with Crippen LogP contribution in [0.4, 0.5) is 0 Å². The third-order valence-electron chi connectivity index (χ3n) is 4.80. The second-order valence-corrected chi connectivity index (χ2v) is 7.88. The number of halogens is 1. The maximum absolute atomic E-state index is 12.7. The van der Waals surface area contributed by atoms with Crippen molar-refractivity contribution in [2.75, 3.05) is 13.1 Å². The number of amides is 2. The van der Waals surface area contributed by atoms with Gasteiger partial charge in [-0.1, -0.05) is 16.8 Å². The molecule has 2 aromatic rings. The van der Waals surface area contributed by atoms with E-state index in [0.717, 1.165) is 5.01 Å². The monoisotopic (exact) mass is 396 g/mol. The summed E-state index contributed by atoms with van der Waals surface area (Å²) in [5.41, 5.74) is 0.480. The summed E-state index contributed by atoms with van der Waals surface area (Å²) >= 11 is 7.19. The summed E-state index contributed by atoms with van der Waals surface area (Å²) in [6, 6.07) is 1.47. The molecule has 2 amide bonds. The lowest BCUT2D eigenvalue weighted by molar-refractivity contribution is -0.136. The Morgan fingerprint density at radius 1 is 1.31 bits per heavy atom. The van der Waals surface area contributed by atoms with Gasteiger partial charge in [0.15, 0.2) is 5.15 Å². The highest BCUT2D eigenvalue weighted by Crippen LogP contribution is 2.22. The van der Waals surface area contributed by atoms with Crippen molar-refractivity contribution < 1.29 is 14.1 Å². The Morgan fingerprint density at radius 2 is 2.00 bits per heavy atom. The van der Waals surface area contributed by atoms with E-state index in [9.17, 15) is 9.59 Å². The summed E-state index contributed by atoms with van der Waals surface area (Å²) in [5.74, 6) is 0.558. The third kappa shape index (κ3) is 3.91. The highest BCUT2D eigenvalue weighted by molar-refractivity contribution is 7.09. The molecule has 0 aliphatic carbocycles. The van der Waals surface area contributed by atoms with Gasteiger partial charge in [0, 0.05) is 49.5 Å². The molecule has 26 heavy (non-hydrogen) atoms. The summed E-state index contributed by atoms with van der Waals surface area (Å²) < 4.78 is 5.04. The first-order valence-electron chi connectivity index (χ1n) is 8.50. The van der Waals surface area contributed by atoms with Crippen LogP contribution in [-0.2, 0) is 11.2 Å². The normalized spacial score (nSPS) is 20.5. The average molecular weight is 397 g/mol. The number of rotatable bonds is 4. The van der Waals surface area contributed by atoms with E-state index in [1.54, 1.807) is 16.3 Å². The molecule has 0 N–H and O–H groups in total. The van der Waals surface area contributed by atoms with Crippen LogP contribution < -0.4 is 0 Å². The van der Waals surface area contributed by atoms with Crippen molar-refractivity contribution in [3.8, 4) is 0 Å². The molecule has 2 aromatic heterocycles. The molecule has 0 spiro atoms. The van der Waals surface area contributed by atoms with Crippen molar-refractivity contribution >= 4 is 34.8 Å². The summed E-state index contributed by atoms with van der Waals surface area (Å²) in [6.07, 6.45) is 0.776. The Hall–Kier alpha value is -1.93. The van der Waals surface area contributed by atoms with Crippen LogP contribution in [-0.4, -0.2) is 56.9 Å². The van der Waals surface area contributed by atoms with E-state index in [-0.39, 0.29) is 23.9 Å². The van der Waals surface area contributed by atoms with Gasteiger partial charge in [-0.25, -0.2) is 4.98 Å². The fourth-order valence-electron chi connectivity index (χ4n) is 3.17. The number of aromatic nitrogens is 2. The molecule has 1 aliphatic rings. The van der Waals surface area contributed by atoms with Gasteiger partial charge in [0.1, 0.15) is 11.5 Å². The number of hydrogen-bond donors (Lipinski definition) is 0. The maximum atomic E-state index is 12.7. The van der Waals surface area contributed by atoms with E-state index < -0.39 is 0 Å². The quantitative estimate of drug-likeness (QED) is 0.793. The molecule has 2 atom stereocenters. The number of carbonyl (C=O) groups is 2. The van der Waals surface area contributed by atoms with Gasteiger partial charge in [0.25, 0.3) is 5.91 Å². The van der Waals surface area contributed by atoms with Gasteiger partial charge in [-0.05, 0) is 20.8 Å². The lowest BCUT2D eigenvalue weighted by Crippen LogP contribution is -2.60. The van der Waals surface area contributed by atoms with Crippen LogP contribution in [0, 0.1) is 6.92 Å². The first-order valence-corrected chi connectivity index (χ1v) is 9.76. The van der Waals surface area contributed by atoms with Crippen molar-refractivity contribution in [3.63, 3.8) is 0 Å². The highest BCUT2D eigenvalue weighted by Gasteiger charge is 2.36. The molecular weight excluding hydrogens is 376 g/mol. The van der Waals surface area contributed by atoms with Gasteiger partial charge in [-0.15, -0.1) is 11.3 Å². The summed E-state index contributed by atoms with van der Waals surface area (Å²) in [7, 11) is 0. The minimum atomic E-state index is -0.0815. The van der Waals surface area contributed by atoms with E-state index in [1.807, 2.05) is 25.7 Å². The predicted octanol–water partition coefficient (Wildman–Crippen LogP) is 2.79. The van der Waals surface area contributed by atoms with Crippen LogP contribution in [0.1, 0.15) is 41.5 Å². The topological polar surface area (TPSA) is 79.5 Å². The van der Waals surface area contributed by atoms with Crippen molar-refractivity contribution in [3.05, 3.63) is 33.1 Å². The molecule has 0 radical (unpaired) electrons. The molecule has 0 unspecified atom stereocenters. The zero-order valence-electron chi connectivity index (χ0n) is 14.9. The van der Waals surface area contributed by atoms with E-state index in [2.05, 4.69) is 10.1 Å². The Bertz CT molecular complexity index is 806. The number of thiazole rings is 1. The van der Waals surface area contributed by atoms with Gasteiger partial charge < -0.3 is 14.3 Å². The largest absolute Gasteiger partial charge is 0.360 e. The van der Waals surface area contributed by atoms with Crippen LogP contribution in [0.3, 0.4) is 0 Å². The second-order valence-electron chi connectivity index (χ2n) is 6.43. The first kappa shape index (κ1) is 18.8. The molecule has 0 saturated carbocycles. The molecule has 0 aromatic carbocycles. The molecular formula is C17H21ClN4O3S. The Kier molecular flexibility index (Phi) is 5.62. The van der Waals surface area contributed by atoms with Gasteiger partial charge in [-0.3, -0.25) is 9.59 Å². The van der Waals surface area contributed by atoms with Crippen molar-refractivity contribution in [2.24, 2.45) is 0 Å². The number of hydrogen-bond acceptors (Lipinski definition) is 6. The Labute approximate surface area is 160 Å². The smallest absolute Gasteiger partial charge is 0.273 e. The SMILES string of the molecule is Cc1nc(C(=O)N2CCN(C(=O)CCc3cc(Cl)no3)[C@H](C)[C@H]2C)cs1. The molecule has 0 bridgehead atoms. The zero-order chi connectivity index (χ0) is 18.8. The minimum Gasteiger partial charge on any atom is -0.360 e. The summed E-state index contributed by atoms with van der Waals surface area (Å²) in [4.78, 5) is 33.2. The van der Waals surface area contributed by atoms with E-state index in [4.69, 9.17) is 16.1 Å². The molecule has 9 heteroatoms. The summed E-state index contributed by atoms with van der Waals surface area (Å²) in [5, 5.41) is 6.56. The second kappa shape index (κ2) is 7.75. The predicted molar refractivity (Wildman–Crippen MR) is 98.4 cm³/mol.